The van der Waals surface area contributed by atoms with E-state index in [9.17, 15) is 4.79 Å². The second-order valence-electron chi connectivity index (χ2n) is 11.3. The molecule has 0 aliphatic heterocycles. The van der Waals surface area contributed by atoms with Crippen molar-refractivity contribution in [3.8, 4) is 17.1 Å². The Balaban J connectivity index is 1.01. The Morgan fingerprint density at radius 3 is 2.28 bits per heavy atom. The van der Waals surface area contributed by atoms with E-state index in [-0.39, 0.29) is 17.7 Å². The number of ether oxygens (including phenoxy) is 6. The highest BCUT2D eigenvalue weighted by Gasteiger charge is 2.31. The summed E-state index contributed by atoms with van der Waals surface area (Å²) in [6.45, 7) is 7.74. The first-order valence-electron chi connectivity index (χ1n) is 16.4. The fraction of sp³-hybridized carbons (Fsp3) is 0.576. The van der Waals surface area contributed by atoms with Gasteiger partial charge in [0.25, 0.3) is 0 Å². The number of para-hydroxylation sites is 1. The largest absolute Gasteiger partial charge is 0.495 e. The maximum Gasteiger partial charge on any atom is 0.223 e. The minimum Gasteiger partial charge on any atom is -0.495 e. The molecule has 4 N–H and O–H groups in total. The fourth-order valence-corrected chi connectivity index (χ4v) is 5.88. The Morgan fingerprint density at radius 1 is 0.957 bits per heavy atom. The molecular formula is C33H47N7O7. The summed E-state index contributed by atoms with van der Waals surface area (Å²) in [5, 5.41) is 8.55. The predicted molar refractivity (Wildman–Crippen MR) is 177 cm³/mol. The van der Waals surface area contributed by atoms with Crippen LogP contribution in [0.2, 0.25) is 0 Å². The third kappa shape index (κ3) is 9.17. The molecule has 4 aromatic rings. The summed E-state index contributed by atoms with van der Waals surface area (Å²) in [5.74, 6) is 2.11. The van der Waals surface area contributed by atoms with E-state index >= 15 is 0 Å². The summed E-state index contributed by atoms with van der Waals surface area (Å²) >= 11 is 0. The molecule has 0 radical (unpaired) electrons. The molecule has 47 heavy (non-hydrogen) atoms. The van der Waals surface area contributed by atoms with Crippen molar-refractivity contribution in [3.63, 3.8) is 0 Å². The first-order chi connectivity index (χ1) is 23.1. The normalized spacial score (nSPS) is 16.6. The van der Waals surface area contributed by atoms with Crippen LogP contribution in [0.5, 0.6) is 5.75 Å². The number of rotatable bonds is 20. The number of H-pyrrole nitrogens is 1. The zero-order valence-corrected chi connectivity index (χ0v) is 27.4. The number of hydrogen-bond acceptors (Lipinski definition) is 11. The number of fused-ring (bicyclic) bond motifs is 2. The molecule has 1 aromatic carbocycles. The molecule has 3 aromatic heterocycles. The van der Waals surface area contributed by atoms with Gasteiger partial charge in [0.15, 0.2) is 5.82 Å². The molecule has 0 atom stereocenters. The Morgan fingerprint density at radius 2 is 1.62 bits per heavy atom. The van der Waals surface area contributed by atoms with E-state index in [0.717, 1.165) is 53.9 Å². The van der Waals surface area contributed by atoms with Crippen molar-refractivity contribution in [1.82, 2.24) is 29.9 Å². The molecule has 0 spiro atoms. The molecule has 14 nitrogen and oxygen atoms in total. The number of aromatic amines is 1. The van der Waals surface area contributed by atoms with Crippen LogP contribution in [0.1, 0.15) is 44.3 Å². The van der Waals surface area contributed by atoms with Crippen molar-refractivity contribution >= 4 is 28.1 Å². The highest BCUT2D eigenvalue weighted by Crippen LogP contribution is 2.39. The summed E-state index contributed by atoms with van der Waals surface area (Å²) in [7, 11) is 1.65. The van der Waals surface area contributed by atoms with Gasteiger partial charge >= 0.3 is 0 Å². The highest BCUT2D eigenvalue weighted by molar-refractivity contribution is 5.93. The summed E-state index contributed by atoms with van der Waals surface area (Å²) in [5.41, 5.74) is 9.42. The first kappa shape index (κ1) is 34.5. The number of carbonyl (C=O) groups is 1. The van der Waals surface area contributed by atoms with Crippen molar-refractivity contribution in [3.05, 3.63) is 36.4 Å². The average molecular weight is 654 g/mol. The van der Waals surface area contributed by atoms with E-state index in [1.165, 1.54) is 6.33 Å². The monoisotopic (exact) mass is 653 g/mol. The number of nitrogen functional groups attached to an aromatic ring is 1. The Labute approximate surface area is 274 Å². The van der Waals surface area contributed by atoms with Gasteiger partial charge in [0.05, 0.1) is 77.8 Å². The molecule has 1 aliphatic carbocycles. The van der Waals surface area contributed by atoms with Crippen molar-refractivity contribution < 1.29 is 33.2 Å². The number of benzene rings is 1. The van der Waals surface area contributed by atoms with Gasteiger partial charge in [0, 0.05) is 30.4 Å². The predicted octanol–water partition coefficient (Wildman–Crippen LogP) is 3.36. The minimum atomic E-state index is -0.0452. The second kappa shape index (κ2) is 17.9. The van der Waals surface area contributed by atoms with Crippen LogP contribution in [0.15, 0.2) is 30.6 Å². The third-order valence-electron chi connectivity index (χ3n) is 8.28. The van der Waals surface area contributed by atoms with E-state index in [1.807, 2.05) is 31.2 Å². The quantitative estimate of drug-likeness (QED) is 0.120. The van der Waals surface area contributed by atoms with Crippen LogP contribution in [0.25, 0.3) is 27.8 Å². The van der Waals surface area contributed by atoms with Crippen molar-refractivity contribution in [1.29, 1.82) is 0 Å². The van der Waals surface area contributed by atoms with Crippen LogP contribution in [0.4, 0.5) is 5.82 Å². The van der Waals surface area contributed by atoms with Crippen molar-refractivity contribution in [2.75, 3.05) is 85.5 Å². The third-order valence-corrected chi connectivity index (χ3v) is 8.28. The SMILES string of the molecule is CCOCCOCCOCCOCCOCCNC(=O)[C@H]1CC[C@H](c2nc(-c3cc4cccc(OC)c4[nH]3)c3c(N)ncnn32)CC1. The van der Waals surface area contributed by atoms with Gasteiger partial charge in [-0.25, -0.2) is 14.5 Å². The minimum absolute atomic E-state index is 0.0452. The van der Waals surface area contributed by atoms with Crippen molar-refractivity contribution in [2.45, 2.75) is 38.5 Å². The summed E-state index contributed by atoms with van der Waals surface area (Å²) in [6.07, 6.45) is 4.62. The smallest absolute Gasteiger partial charge is 0.223 e. The molecule has 1 aliphatic rings. The van der Waals surface area contributed by atoms with E-state index < -0.39 is 0 Å². The average Bonchev–Trinajstić information content (AvgIpc) is 3.71. The number of aromatic nitrogens is 5. The number of carbonyl (C=O) groups excluding carboxylic acids is 1. The first-order valence-corrected chi connectivity index (χ1v) is 16.4. The Bertz CT molecular complexity index is 1550. The Hall–Kier alpha value is -3.82. The zero-order valence-electron chi connectivity index (χ0n) is 27.4. The van der Waals surface area contributed by atoms with E-state index in [2.05, 4.69) is 20.4 Å². The van der Waals surface area contributed by atoms with Gasteiger partial charge in [0.1, 0.15) is 29.1 Å². The molecule has 0 unspecified atom stereocenters. The zero-order chi connectivity index (χ0) is 32.8. The van der Waals surface area contributed by atoms with Gasteiger partial charge in [-0.2, -0.15) is 5.10 Å². The van der Waals surface area contributed by atoms with Crippen LogP contribution in [-0.2, 0) is 28.5 Å². The van der Waals surface area contributed by atoms with Crippen LogP contribution >= 0.6 is 0 Å². The molecule has 14 heteroatoms. The van der Waals surface area contributed by atoms with Gasteiger partial charge in [-0.1, -0.05) is 12.1 Å². The molecular weight excluding hydrogens is 606 g/mol. The maximum atomic E-state index is 12.9. The van der Waals surface area contributed by atoms with Crippen LogP contribution in [0, 0.1) is 5.92 Å². The molecule has 1 saturated carbocycles. The molecule has 0 bridgehead atoms. The molecule has 256 valence electrons. The lowest BCUT2D eigenvalue weighted by Gasteiger charge is -2.26. The van der Waals surface area contributed by atoms with Gasteiger partial charge in [-0.15, -0.1) is 0 Å². The van der Waals surface area contributed by atoms with Crippen LogP contribution in [0.3, 0.4) is 0 Å². The summed E-state index contributed by atoms with van der Waals surface area (Å²) in [6, 6.07) is 7.93. The second-order valence-corrected chi connectivity index (χ2v) is 11.3. The Kier molecular flexibility index (Phi) is 13.2. The number of imidazole rings is 1. The molecule has 5 rings (SSSR count). The molecule has 3 heterocycles. The number of anilines is 1. The number of nitrogens with zero attached hydrogens (tertiary/aromatic N) is 4. The summed E-state index contributed by atoms with van der Waals surface area (Å²) in [4.78, 5) is 25.6. The number of methoxy groups -OCH3 is 1. The maximum absolute atomic E-state index is 12.9. The lowest BCUT2D eigenvalue weighted by atomic mass is 9.81. The standard InChI is InChI=1S/C33H47N7O7/c1-3-43-13-14-45-17-18-47-20-19-46-16-15-44-12-11-35-33(41)24-9-7-23(8-10-24)32-39-29(30-31(34)36-22-37-40(30)32)26-21-25-5-4-6-27(42-2)28(25)38-26/h4-6,21-24,38H,3,7-20H2,1-2H3,(H,35,41)(H2,34,36,37)/t23-,24-. The van der Waals surface area contributed by atoms with Gasteiger partial charge in [0.2, 0.25) is 5.91 Å². The van der Waals surface area contributed by atoms with Crippen LogP contribution < -0.4 is 15.8 Å². The topological polar surface area (TPSA) is 169 Å². The van der Waals surface area contributed by atoms with E-state index in [1.54, 1.807) is 11.6 Å². The van der Waals surface area contributed by atoms with Crippen LogP contribution in [-0.4, -0.2) is 110 Å². The number of nitrogens with two attached hydrogens (primary N) is 1. The molecule has 0 saturated heterocycles. The van der Waals surface area contributed by atoms with E-state index in [4.69, 9.17) is 39.1 Å². The molecule has 1 fully saturated rings. The number of nitrogens with one attached hydrogen (secondary N) is 2. The van der Waals surface area contributed by atoms with Gasteiger partial charge in [-0.05, 0) is 44.7 Å². The number of amides is 1. The van der Waals surface area contributed by atoms with Gasteiger partial charge in [-0.3, -0.25) is 4.79 Å². The van der Waals surface area contributed by atoms with E-state index in [0.29, 0.717) is 89.6 Å². The molecule has 1 amide bonds. The van der Waals surface area contributed by atoms with Gasteiger partial charge < -0.3 is 44.5 Å². The summed E-state index contributed by atoms with van der Waals surface area (Å²) < 4.78 is 34.5. The number of hydrogen-bond donors (Lipinski definition) is 3. The van der Waals surface area contributed by atoms with Crippen molar-refractivity contribution in [2.24, 2.45) is 5.92 Å². The highest BCUT2D eigenvalue weighted by atomic mass is 16.6. The lowest BCUT2D eigenvalue weighted by Crippen LogP contribution is -2.35. The fourth-order valence-electron chi connectivity index (χ4n) is 5.88. The lowest BCUT2D eigenvalue weighted by molar-refractivity contribution is -0.126.